The van der Waals surface area contributed by atoms with Crippen molar-refractivity contribution in [2.45, 2.75) is 33.4 Å². The van der Waals surface area contributed by atoms with Crippen LogP contribution in [0.1, 0.15) is 24.7 Å². The van der Waals surface area contributed by atoms with Gasteiger partial charge < -0.3 is 5.32 Å². The van der Waals surface area contributed by atoms with Crippen LogP contribution in [0.5, 0.6) is 0 Å². The van der Waals surface area contributed by atoms with Crippen LogP contribution in [0, 0.1) is 6.92 Å². The van der Waals surface area contributed by atoms with Crippen molar-refractivity contribution in [2.24, 2.45) is 0 Å². The van der Waals surface area contributed by atoms with Crippen molar-refractivity contribution in [1.82, 2.24) is 19.7 Å². The van der Waals surface area contributed by atoms with E-state index in [0.717, 1.165) is 17.8 Å². The number of hydrogen-bond acceptors (Lipinski definition) is 5. The van der Waals surface area contributed by atoms with Crippen molar-refractivity contribution in [3.63, 3.8) is 0 Å². The first kappa shape index (κ1) is 14.5. The van der Waals surface area contributed by atoms with E-state index in [-0.39, 0.29) is 10.6 Å². The highest BCUT2D eigenvalue weighted by molar-refractivity contribution is 6.32. The molecule has 0 amide bonds. The Morgan fingerprint density at radius 3 is 2.75 bits per heavy atom. The Morgan fingerprint density at radius 1 is 1.30 bits per heavy atom. The number of halogens is 1. The molecule has 0 spiro atoms. The molecule has 0 aliphatic heterocycles. The van der Waals surface area contributed by atoms with E-state index in [1.807, 2.05) is 13.8 Å². The first-order valence-electron chi connectivity index (χ1n) is 6.38. The standard InChI is InChI=1S/C13H16ClN5O/c1-3-4-19-13(20)12(14)11(8-18-19)17-7-10-6-15-9(2)5-16-10/h5-6,8,17H,3-4,7H2,1-2H3. The maximum atomic E-state index is 11.9. The van der Waals surface area contributed by atoms with Crippen molar-refractivity contribution < 1.29 is 0 Å². The molecule has 0 aliphatic carbocycles. The summed E-state index contributed by atoms with van der Waals surface area (Å²) in [6.45, 7) is 4.84. The lowest BCUT2D eigenvalue weighted by molar-refractivity contribution is 0.568. The Balaban J connectivity index is 2.12. The molecule has 0 saturated carbocycles. The third-order valence-electron chi connectivity index (χ3n) is 2.71. The summed E-state index contributed by atoms with van der Waals surface area (Å²) >= 11 is 6.05. The number of anilines is 1. The van der Waals surface area contributed by atoms with E-state index in [1.165, 1.54) is 4.68 Å². The average Bonchev–Trinajstić information content (AvgIpc) is 2.45. The fraction of sp³-hybridized carbons (Fsp3) is 0.385. The van der Waals surface area contributed by atoms with Crippen LogP contribution in [-0.2, 0) is 13.1 Å². The quantitative estimate of drug-likeness (QED) is 0.913. The molecule has 20 heavy (non-hydrogen) atoms. The van der Waals surface area contributed by atoms with E-state index >= 15 is 0 Å². The molecular weight excluding hydrogens is 278 g/mol. The largest absolute Gasteiger partial charge is 0.377 e. The number of nitrogens with one attached hydrogen (secondary N) is 1. The molecule has 0 unspecified atom stereocenters. The lowest BCUT2D eigenvalue weighted by Gasteiger charge is -2.09. The predicted octanol–water partition coefficient (Wildman–Crippen LogP) is 2.02. The Kier molecular flexibility index (Phi) is 4.68. The van der Waals surface area contributed by atoms with Gasteiger partial charge in [-0.15, -0.1) is 0 Å². The molecule has 106 valence electrons. The molecule has 2 rings (SSSR count). The molecule has 6 nitrogen and oxygen atoms in total. The summed E-state index contributed by atoms with van der Waals surface area (Å²) in [5.74, 6) is 0. The first-order valence-corrected chi connectivity index (χ1v) is 6.76. The second-order valence-corrected chi connectivity index (χ2v) is 4.78. The number of aryl methyl sites for hydroxylation is 2. The van der Waals surface area contributed by atoms with Gasteiger partial charge in [0.1, 0.15) is 5.02 Å². The van der Waals surface area contributed by atoms with Gasteiger partial charge in [-0.2, -0.15) is 5.10 Å². The van der Waals surface area contributed by atoms with E-state index in [4.69, 9.17) is 11.6 Å². The van der Waals surface area contributed by atoms with Gasteiger partial charge >= 0.3 is 0 Å². The van der Waals surface area contributed by atoms with Crippen LogP contribution in [-0.4, -0.2) is 19.7 Å². The molecule has 2 aromatic heterocycles. The zero-order valence-electron chi connectivity index (χ0n) is 11.4. The highest BCUT2D eigenvalue weighted by Gasteiger charge is 2.08. The van der Waals surface area contributed by atoms with Gasteiger partial charge in [0.25, 0.3) is 5.56 Å². The van der Waals surface area contributed by atoms with Gasteiger partial charge in [0.05, 0.1) is 36.0 Å². The Labute approximate surface area is 121 Å². The van der Waals surface area contributed by atoms with Gasteiger partial charge in [0.15, 0.2) is 0 Å². The molecule has 0 atom stereocenters. The monoisotopic (exact) mass is 293 g/mol. The molecule has 0 bridgehead atoms. The van der Waals surface area contributed by atoms with Crippen LogP contribution in [0.4, 0.5) is 5.69 Å². The summed E-state index contributed by atoms with van der Waals surface area (Å²) in [7, 11) is 0. The van der Waals surface area contributed by atoms with Crippen molar-refractivity contribution in [3.05, 3.63) is 45.4 Å². The van der Waals surface area contributed by atoms with E-state index in [9.17, 15) is 4.79 Å². The summed E-state index contributed by atoms with van der Waals surface area (Å²) in [6.07, 6.45) is 5.76. The van der Waals surface area contributed by atoms with Crippen LogP contribution in [0.2, 0.25) is 5.02 Å². The zero-order valence-corrected chi connectivity index (χ0v) is 12.2. The SMILES string of the molecule is CCCn1ncc(NCc2cnc(C)cn2)c(Cl)c1=O. The maximum Gasteiger partial charge on any atom is 0.287 e. The van der Waals surface area contributed by atoms with Crippen LogP contribution in [0.25, 0.3) is 0 Å². The number of rotatable bonds is 5. The Bertz CT molecular complexity index is 638. The first-order chi connectivity index (χ1) is 9.61. The third-order valence-corrected chi connectivity index (χ3v) is 3.08. The van der Waals surface area contributed by atoms with Crippen LogP contribution >= 0.6 is 11.6 Å². The van der Waals surface area contributed by atoms with Crippen LogP contribution in [0.3, 0.4) is 0 Å². The fourth-order valence-electron chi connectivity index (χ4n) is 1.66. The van der Waals surface area contributed by atoms with Crippen LogP contribution < -0.4 is 10.9 Å². The van der Waals surface area contributed by atoms with Crippen molar-refractivity contribution >= 4 is 17.3 Å². The van der Waals surface area contributed by atoms with E-state index < -0.39 is 0 Å². The van der Waals surface area contributed by atoms with Gasteiger partial charge in [0.2, 0.25) is 0 Å². The molecule has 2 heterocycles. The van der Waals surface area contributed by atoms with Crippen molar-refractivity contribution in [2.75, 3.05) is 5.32 Å². The molecule has 7 heteroatoms. The van der Waals surface area contributed by atoms with Crippen molar-refractivity contribution in [1.29, 1.82) is 0 Å². The summed E-state index contributed by atoms with van der Waals surface area (Å²) in [5, 5.41) is 7.27. The minimum atomic E-state index is -0.284. The van der Waals surface area contributed by atoms with Gasteiger partial charge in [-0.3, -0.25) is 14.8 Å². The molecule has 1 N–H and O–H groups in total. The van der Waals surface area contributed by atoms with E-state index in [2.05, 4.69) is 20.4 Å². The number of nitrogens with zero attached hydrogens (tertiary/aromatic N) is 4. The van der Waals surface area contributed by atoms with Gasteiger partial charge in [-0.25, -0.2) is 4.68 Å². The highest BCUT2D eigenvalue weighted by atomic mass is 35.5. The predicted molar refractivity (Wildman–Crippen MR) is 77.9 cm³/mol. The number of hydrogen-bond donors (Lipinski definition) is 1. The van der Waals surface area contributed by atoms with Crippen molar-refractivity contribution in [3.8, 4) is 0 Å². The summed E-state index contributed by atoms with van der Waals surface area (Å²) in [5.41, 5.74) is 1.85. The minimum Gasteiger partial charge on any atom is -0.377 e. The summed E-state index contributed by atoms with van der Waals surface area (Å²) in [6, 6.07) is 0. The molecule has 0 aliphatic rings. The lowest BCUT2D eigenvalue weighted by Crippen LogP contribution is -2.24. The highest BCUT2D eigenvalue weighted by Crippen LogP contribution is 2.15. The van der Waals surface area contributed by atoms with Crippen LogP contribution in [0.15, 0.2) is 23.4 Å². The van der Waals surface area contributed by atoms with E-state index in [1.54, 1.807) is 18.6 Å². The van der Waals surface area contributed by atoms with Gasteiger partial charge in [-0.05, 0) is 13.3 Å². The zero-order chi connectivity index (χ0) is 14.5. The molecular formula is C13H16ClN5O. The topological polar surface area (TPSA) is 72.7 Å². The third kappa shape index (κ3) is 3.33. The smallest absolute Gasteiger partial charge is 0.287 e. The second kappa shape index (κ2) is 6.47. The Hall–Kier alpha value is -1.95. The Morgan fingerprint density at radius 2 is 2.10 bits per heavy atom. The van der Waals surface area contributed by atoms with Gasteiger partial charge in [0, 0.05) is 12.7 Å². The molecule has 0 fully saturated rings. The molecule has 2 aromatic rings. The van der Waals surface area contributed by atoms with E-state index in [0.29, 0.717) is 18.8 Å². The minimum absolute atomic E-state index is 0.147. The average molecular weight is 294 g/mol. The molecule has 0 aromatic carbocycles. The summed E-state index contributed by atoms with van der Waals surface area (Å²) in [4.78, 5) is 20.3. The van der Waals surface area contributed by atoms with Gasteiger partial charge in [-0.1, -0.05) is 18.5 Å². The fourth-order valence-corrected chi connectivity index (χ4v) is 1.87. The maximum absolute atomic E-state index is 11.9. The normalized spacial score (nSPS) is 10.6. The summed E-state index contributed by atoms with van der Waals surface area (Å²) < 4.78 is 1.36. The lowest BCUT2D eigenvalue weighted by atomic mass is 10.4. The molecule has 0 radical (unpaired) electrons. The molecule has 0 saturated heterocycles. The number of aromatic nitrogens is 4. The second-order valence-electron chi connectivity index (χ2n) is 4.40.